The van der Waals surface area contributed by atoms with Crippen LogP contribution in [0.3, 0.4) is 0 Å². The molecular formula is C2H8NNaO. The predicted molar refractivity (Wildman–Crippen MR) is 16.7 cm³/mol. The van der Waals surface area contributed by atoms with E-state index >= 15 is 0 Å². The molecule has 0 saturated carbocycles. The molecule has 0 saturated heterocycles. The summed E-state index contributed by atoms with van der Waals surface area (Å²) < 4.78 is 0. The fourth-order valence-electron chi connectivity index (χ4n) is 0. The normalized spacial score (nSPS) is 3.60. The molecule has 0 atom stereocenters. The Hall–Kier alpha value is 0.920. The Kier molecular flexibility index (Phi) is 68.9. The Morgan fingerprint density at radius 1 is 1.60 bits per heavy atom. The Labute approximate surface area is 54.3 Å². The number of hydrogen-bond acceptors (Lipinski definition) is 2. The zero-order valence-corrected chi connectivity index (χ0v) is 5.73. The standard InChI is InChI=1S/C2H7N.Na.H2O/c1-2-3;;/h2-3H2,1H3;;1H2/q;+1;/p-1. The van der Waals surface area contributed by atoms with Crippen LogP contribution in [-0.4, -0.2) is 12.0 Å². The molecule has 2 nitrogen and oxygen atoms in total. The second-order valence-corrected chi connectivity index (χ2v) is 0.408. The first-order chi connectivity index (χ1) is 1.41. The van der Waals surface area contributed by atoms with E-state index in [0.717, 1.165) is 6.54 Å². The van der Waals surface area contributed by atoms with Gasteiger partial charge in [-0.25, -0.2) is 0 Å². The maximum absolute atomic E-state index is 4.85. The molecule has 0 unspecified atom stereocenters. The van der Waals surface area contributed by atoms with E-state index < -0.39 is 0 Å². The van der Waals surface area contributed by atoms with Crippen molar-refractivity contribution in [1.29, 1.82) is 0 Å². The molecule has 0 spiro atoms. The SMILES string of the molecule is CCN.[Na+].[OH-]. The van der Waals surface area contributed by atoms with Gasteiger partial charge in [0.05, 0.1) is 0 Å². The van der Waals surface area contributed by atoms with Gasteiger partial charge in [0.1, 0.15) is 0 Å². The fraction of sp³-hybridized carbons (Fsp3) is 1.00. The average Bonchev–Trinajstić information content (AvgIpc) is 0.918. The van der Waals surface area contributed by atoms with Crippen LogP contribution in [0.1, 0.15) is 6.92 Å². The van der Waals surface area contributed by atoms with Crippen LogP contribution in [0.4, 0.5) is 0 Å². The minimum absolute atomic E-state index is 0. The van der Waals surface area contributed by atoms with Gasteiger partial charge in [0.15, 0.2) is 0 Å². The van der Waals surface area contributed by atoms with E-state index in [-0.39, 0.29) is 35.0 Å². The van der Waals surface area contributed by atoms with Gasteiger partial charge in [-0.15, -0.1) is 0 Å². The first kappa shape index (κ1) is 16.8. The minimum Gasteiger partial charge on any atom is -0.870 e. The first-order valence-electron chi connectivity index (χ1n) is 1.12. The van der Waals surface area contributed by atoms with Crippen molar-refractivity contribution >= 4 is 0 Å². The molecule has 0 aromatic heterocycles. The minimum atomic E-state index is 0. The van der Waals surface area contributed by atoms with Gasteiger partial charge >= 0.3 is 29.6 Å². The van der Waals surface area contributed by atoms with Crippen LogP contribution in [0.25, 0.3) is 0 Å². The molecule has 0 aromatic rings. The summed E-state index contributed by atoms with van der Waals surface area (Å²) in [6, 6.07) is 0. The predicted octanol–water partition coefficient (Wildman–Crippen LogP) is -3.21. The van der Waals surface area contributed by atoms with Crippen molar-refractivity contribution in [3.05, 3.63) is 0 Å². The quantitative estimate of drug-likeness (QED) is 0.315. The van der Waals surface area contributed by atoms with Crippen LogP contribution in [0.15, 0.2) is 0 Å². The Balaban J connectivity index is -0.0000000200. The van der Waals surface area contributed by atoms with E-state index in [1.54, 1.807) is 0 Å². The summed E-state index contributed by atoms with van der Waals surface area (Å²) in [5, 5.41) is 0. The van der Waals surface area contributed by atoms with E-state index in [9.17, 15) is 0 Å². The molecule has 0 radical (unpaired) electrons. The van der Waals surface area contributed by atoms with Gasteiger partial charge in [-0.1, -0.05) is 6.92 Å². The van der Waals surface area contributed by atoms with E-state index in [0.29, 0.717) is 0 Å². The average molecular weight is 85.1 g/mol. The Bertz CT molecular complexity index is 9.61. The fourth-order valence-corrected chi connectivity index (χ4v) is 0. The third-order valence-electron chi connectivity index (χ3n) is 0. The molecule has 0 aromatic carbocycles. The number of hydrogen-bond donors (Lipinski definition) is 1. The smallest absolute Gasteiger partial charge is 0.870 e. The molecule has 0 aliphatic heterocycles. The molecule has 5 heavy (non-hydrogen) atoms. The molecule has 0 amide bonds. The molecule has 0 aliphatic rings. The maximum Gasteiger partial charge on any atom is 1.00 e. The van der Waals surface area contributed by atoms with E-state index in [4.69, 9.17) is 5.73 Å². The third kappa shape index (κ3) is 49.6. The molecular weight excluding hydrogens is 77.0 g/mol. The molecule has 0 rings (SSSR count). The summed E-state index contributed by atoms with van der Waals surface area (Å²) in [4.78, 5) is 0. The van der Waals surface area contributed by atoms with Crippen LogP contribution in [0.2, 0.25) is 0 Å². The number of rotatable bonds is 0. The van der Waals surface area contributed by atoms with Crippen molar-refractivity contribution in [2.45, 2.75) is 6.92 Å². The summed E-state index contributed by atoms with van der Waals surface area (Å²) in [6.07, 6.45) is 0. The van der Waals surface area contributed by atoms with Gasteiger partial charge in [-0.3, -0.25) is 0 Å². The molecule has 3 N–H and O–H groups in total. The second-order valence-electron chi connectivity index (χ2n) is 0.408. The van der Waals surface area contributed by atoms with Crippen LogP contribution in [-0.2, 0) is 0 Å². The van der Waals surface area contributed by atoms with Gasteiger partial charge in [0.2, 0.25) is 0 Å². The molecule has 0 aliphatic carbocycles. The van der Waals surface area contributed by atoms with Crippen molar-refractivity contribution in [2.75, 3.05) is 6.54 Å². The summed E-state index contributed by atoms with van der Waals surface area (Å²) in [7, 11) is 0. The van der Waals surface area contributed by atoms with Gasteiger partial charge < -0.3 is 11.2 Å². The largest absolute Gasteiger partial charge is 1.00 e. The van der Waals surface area contributed by atoms with Crippen LogP contribution in [0.5, 0.6) is 0 Å². The van der Waals surface area contributed by atoms with Crippen molar-refractivity contribution in [3.8, 4) is 0 Å². The van der Waals surface area contributed by atoms with Gasteiger partial charge in [-0.05, 0) is 6.54 Å². The van der Waals surface area contributed by atoms with E-state index in [1.165, 1.54) is 0 Å². The van der Waals surface area contributed by atoms with Gasteiger partial charge in [0.25, 0.3) is 0 Å². The van der Waals surface area contributed by atoms with Crippen LogP contribution in [0, 0.1) is 0 Å². The van der Waals surface area contributed by atoms with E-state index in [2.05, 4.69) is 0 Å². The summed E-state index contributed by atoms with van der Waals surface area (Å²) in [5.41, 5.74) is 4.85. The monoisotopic (exact) mass is 85.1 g/mol. The molecule has 3 heteroatoms. The third-order valence-corrected chi connectivity index (χ3v) is 0. The van der Waals surface area contributed by atoms with Crippen LogP contribution >= 0.6 is 0 Å². The zero-order chi connectivity index (χ0) is 2.71. The Morgan fingerprint density at radius 3 is 1.60 bits per heavy atom. The summed E-state index contributed by atoms with van der Waals surface area (Å²) >= 11 is 0. The number of nitrogens with two attached hydrogens (primary N) is 1. The molecule has 0 bridgehead atoms. The summed E-state index contributed by atoms with van der Waals surface area (Å²) in [5.74, 6) is 0. The van der Waals surface area contributed by atoms with Gasteiger partial charge in [-0.2, -0.15) is 0 Å². The Morgan fingerprint density at radius 2 is 1.60 bits per heavy atom. The topological polar surface area (TPSA) is 56.0 Å². The van der Waals surface area contributed by atoms with Crippen molar-refractivity contribution in [1.82, 2.24) is 0 Å². The maximum atomic E-state index is 4.85. The van der Waals surface area contributed by atoms with Gasteiger partial charge in [0, 0.05) is 0 Å². The van der Waals surface area contributed by atoms with Crippen molar-refractivity contribution < 1.29 is 35.0 Å². The second kappa shape index (κ2) is 20.5. The summed E-state index contributed by atoms with van der Waals surface area (Å²) in [6.45, 7) is 2.65. The molecule has 0 fully saturated rings. The van der Waals surface area contributed by atoms with Crippen LogP contribution < -0.4 is 35.3 Å². The van der Waals surface area contributed by atoms with Crippen molar-refractivity contribution in [2.24, 2.45) is 5.73 Å². The molecule has 28 valence electrons. The molecule has 0 heterocycles. The first-order valence-corrected chi connectivity index (χ1v) is 1.12. The van der Waals surface area contributed by atoms with E-state index in [1.807, 2.05) is 6.92 Å². The van der Waals surface area contributed by atoms with Crippen molar-refractivity contribution in [3.63, 3.8) is 0 Å². The zero-order valence-electron chi connectivity index (χ0n) is 3.73.